The van der Waals surface area contributed by atoms with E-state index in [0.717, 1.165) is 29.8 Å². The van der Waals surface area contributed by atoms with E-state index in [2.05, 4.69) is 27.0 Å². The fourth-order valence-corrected chi connectivity index (χ4v) is 4.36. The average molecular weight is 391 g/mol. The van der Waals surface area contributed by atoms with Crippen molar-refractivity contribution in [1.29, 1.82) is 5.26 Å². The van der Waals surface area contributed by atoms with Crippen molar-refractivity contribution in [1.82, 2.24) is 0 Å². The Kier molecular flexibility index (Phi) is 4.69. The molecule has 1 aliphatic carbocycles. The number of aryl methyl sites for hydroxylation is 1. The lowest BCUT2D eigenvalue weighted by Crippen LogP contribution is -1.99. The van der Waals surface area contributed by atoms with Gasteiger partial charge in [0.1, 0.15) is 11.1 Å². The van der Waals surface area contributed by atoms with Crippen LogP contribution in [0.2, 0.25) is 0 Å². The number of phenolic OH excluding ortho intramolecular Hbond substituents is 1. The van der Waals surface area contributed by atoms with Crippen molar-refractivity contribution in [3.63, 3.8) is 0 Å². The second kappa shape index (κ2) is 6.73. The van der Waals surface area contributed by atoms with E-state index < -0.39 is 0 Å². The Morgan fingerprint density at radius 1 is 1.39 bits per heavy atom. The maximum Gasteiger partial charge on any atom is 0.172 e. The van der Waals surface area contributed by atoms with Gasteiger partial charge in [0.2, 0.25) is 0 Å². The number of thiophene rings is 1. The number of ether oxygens (including phenoxy) is 1. The van der Waals surface area contributed by atoms with Crippen molar-refractivity contribution in [2.24, 2.45) is 4.99 Å². The summed E-state index contributed by atoms with van der Waals surface area (Å²) in [5, 5.41) is 20.1. The normalized spacial score (nSPS) is 13.8. The van der Waals surface area contributed by atoms with Gasteiger partial charge in [-0.15, -0.1) is 11.3 Å². The number of aromatic hydroxyl groups is 1. The summed E-state index contributed by atoms with van der Waals surface area (Å²) in [5.74, 6) is 0.445. The van der Waals surface area contributed by atoms with Crippen LogP contribution >= 0.6 is 27.3 Å². The number of aliphatic imine (C=N–C) groups is 1. The number of hydrogen-bond acceptors (Lipinski definition) is 5. The number of rotatable bonds is 3. The predicted octanol–water partition coefficient (Wildman–Crippen LogP) is 4.73. The maximum atomic E-state index is 9.84. The Balaban J connectivity index is 1.96. The fraction of sp³-hybridized carbons (Fsp3) is 0.294. The first-order valence-electron chi connectivity index (χ1n) is 7.29. The number of phenols is 1. The molecule has 1 aromatic carbocycles. The van der Waals surface area contributed by atoms with Crippen molar-refractivity contribution >= 4 is 38.5 Å². The van der Waals surface area contributed by atoms with Crippen LogP contribution in [0.5, 0.6) is 11.5 Å². The number of halogens is 1. The Hall–Kier alpha value is -1.84. The van der Waals surface area contributed by atoms with Gasteiger partial charge in [0.25, 0.3) is 0 Å². The van der Waals surface area contributed by atoms with E-state index in [1.54, 1.807) is 29.7 Å². The molecule has 0 atom stereocenters. The molecule has 0 unspecified atom stereocenters. The Labute approximate surface area is 147 Å². The highest BCUT2D eigenvalue weighted by molar-refractivity contribution is 9.10. The third-order valence-corrected chi connectivity index (χ3v) is 5.67. The third-order valence-electron chi connectivity index (χ3n) is 3.87. The summed E-state index contributed by atoms with van der Waals surface area (Å²) >= 11 is 4.91. The van der Waals surface area contributed by atoms with Crippen molar-refractivity contribution in [2.75, 3.05) is 7.11 Å². The van der Waals surface area contributed by atoms with Gasteiger partial charge in [-0.05, 0) is 64.9 Å². The third kappa shape index (κ3) is 3.12. The standard InChI is InChI=1S/C17H15BrN2O2S/c1-22-14-7-10(6-13(18)16(14)21)9-20-17-12(8-19)11-4-2-3-5-15(11)23-17/h6-7,9,21H,2-5H2,1H3. The highest BCUT2D eigenvalue weighted by Crippen LogP contribution is 2.39. The molecular weight excluding hydrogens is 376 g/mol. The summed E-state index contributed by atoms with van der Waals surface area (Å²) in [7, 11) is 1.50. The molecule has 1 aliphatic rings. The van der Waals surface area contributed by atoms with Gasteiger partial charge in [0, 0.05) is 11.1 Å². The lowest BCUT2D eigenvalue weighted by molar-refractivity contribution is 0.372. The molecule has 0 aliphatic heterocycles. The highest BCUT2D eigenvalue weighted by atomic mass is 79.9. The molecule has 0 bridgehead atoms. The Morgan fingerprint density at radius 2 is 2.17 bits per heavy atom. The molecule has 6 heteroatoms. The zero-order valence-corrected chi connectivity index (χ0v) is 15.0. The van der Waals surface area contributed by atoms with Gasteiger partial charge >= 0.3 is 0 Å². The van der Waals surface area contributed by atoms with Gasteiger partial charge < -0.3 is 9.84 Å². The summed E-state index contributed by atoms with van der Waals surface area (Å²) in [6, 6.07) is 5.78. The lowest BCUT2D eigenvalue weighted by Gasteiger charge is -2.09. The summed E-state index contributed by atoms with van der Waals surface area (Å²) < 4.78 is 5.68. The zero-order valence-electron chi connectivity index (χ0n) is 12.6. The molecule has 2 aromatic rings. The lowest BCUT2D eigenvalue weighted by atomic mass is 9.96. The van der Waals surface area contributed by atoms with Crippen LogP contribution in [0.1, 0.15) is 34.4 Å². The summed E-state index contributed by atoms with van der Waals surface area (Å²) in [6.45, 7) is 0. The van der Waals surface area contributed by atoms with Gasteiger partial charge in [-0.1, -0.05) is 0 Å². The minimum absolute atomic E-state index is 0.0638. The first-order valence-corrected chi connectivity index (χ1v) is 8.90. The first kappa shape index (κ1) is 16.0. The van der Waals surface area contributed by atoms with Crippen LogP contribution in [0.3, 0.4) is 0 Å². The molecule has 0 fully saturated rings. The minimum Gasteiger partial charge on any atom is -0.503 e. The number of benzene rings is 1. The highest BCUT2D eigenvalue weighted by Gasteiger charge is 2.20. The van der Waals surface area contributed by atoms with Crippen LogP contribution in [0, 0.1) is 11.3 Å². The van der Waals surface area contributed by atoms with Crippen LogP contribution in [0.4, 0.5) is 5.00 Å². The van der Waals surface area contributed by atoms with Gasteiger partial charge in [-0.2, -0.15) is 5.26 Å². The van der Waals surface area contributed by atoms with E-state index in [1.807, 2.05) is 0 Å². The molecule has 0 amide bonds. The molecule has 23 heavy (non-hydrogen) atoms. The molecule has 1 aromatic heterocycles. The Morgan fingerprint density at radius 3 is 2.91 bits per heavy atom. The number of fused-ring (bicyclic) bond motifs is 1. The van der Waals surface area contributed by atoms with Crippen molar-refractivity contribution in [3.8, 4) is 17.6 Å². The minimum atomic E-state index is 0.0638. The van der Waals surface area contributed by atoms with Crippen LogP contribution in [0.25, 0.3) is 0 Å². The zero-order chi connectivity index (χ0) is 16.4. The van der Waals surface area contributed by atoms with E-state index in [1.165, 1.54) is 24.0 Å². The quantitative estimate of drug-likeness (QED) is 0.770. The van der Waals surface area contributed by atoms with Crippen molar-refractivity contribution < 1.29 is 9.84 Å². The molecule has 0 saturated heterocycles. The predicted molar refractivity (Wildman–Crippen MR) is 95.3 cm³/mol. The largest absolute Gasteiger partial charge is 0.503 e. The number of nitriles is 1. The molecule has 1 heterocycles. The van der Waals surface area contributed by atoms with E-state index >= 15 is 0 Å². The van der Waals surface area contributed by atoms with Crippen LogP contribution < -0.4 is 4.74 Å². The second-order valence-electron chi connectivity index (χ2n) is 5.31. The molecule has 0 saturated carbocycles. The molecule has 3 rings (SSSR count). The van der Waals surface area contributed by atoms with Crippen LogP contribution in [0.15, 0.2) is 21.6 Å². The second-order valence-corrected chi connectivity index (χ2v) is 7.25. The molecule has 4 nitrogen and oxygen atoms in total. The van der Waals surface area contributed by atoms with Crippen LogP contribution in [-0.4, -0.2) is 18.4 Å². The average Bonchev–Trinajstić information content (AvgIpc) is 2.93. The van der Waals surface area contributed by atoms with Gasteiger partial charge in [0.15, 0.2) is 11.5 Å². The smallest absolute Gasteiger partial charge is 0.172 e. The van der Waals surface area contributed by atoms with Gasteiger partial charge in [0.05, 0.1) is 17.1 Å². The van der Waals surface area contributed by atoms with E-state index in [0.29, 0.717) is 15.8 Å². The number of hydrogen-bond donors (Lipinski definition) is 1. The number of nitrogens with zero attached hydrogens (tertiary/aromatic N) is 2. The molecule has 118 valence electrons. The SMILES string of the molecule is COc1cc(C=Nc2sc3c(c2C#N)CCCC3)cc(Br)c1O. The monoisotopic (exact) mass is 390 g/mol. The molecule has 0 radical (unpaired) electrons. The van der Waals surface area contributed by atoms with Crippen molar-refractivity contribution in [2.45, 2.75) is 25.7 Å². The van der Waals surface area contributed by atoms with E-state index in [9.17, 15) is 10.4 Å². The van der Waals surface area contributed by atoms with E-state index in [-0.39, 0.29) is 5.75 Å². The summed E-state index contributed by atoms with van der Waals surface area (Å²) in [6.07, 6.45) is 6.05. The number of methoxy groups -OCH3 is 1. The summed E-state index contributed by atoms with van der Waals surface area (Å²) in [4.78, 5) is 5.81. The van der Waals surface area contributed by atoms with Gasteiger partial charge in [-0.3, -0.25) is 0 Å². The fourth-order valence-electron chi connectivity index (χ4n) is 2.71. The van der Waals surface area contributed by atoms with E-state index in [4.69, 9.17) is 4.74 Å². The van der Waals surface area contributed by atoms with Crippen LogP contribution in [-0.2, 0) is 12.8 Å². The summed E-state index contributed by atoms with van der Waals surface area (Å²) in [5.41, 5.74) is 2.69. The molecule has 0 spiro atoms. The van der Waals surface area contributed by atoms with Gasteiger partial charge in [-0.25, -0.2) is 4.99 Å². The molecule has 1 N–H and O–H groups in total. The van der Waals surface area contributed by atoms with Crippen molar-refractivity contribution in [3.05, 3.63) is 38.2 Å². The Bertz CT molecular complexity index is 821. The maximum absolute atomic E-state index is 9.84. The molecular formula is C17H15BrN2O2S. The first-order chi connectivity index (χ1) is 11.1. The topological polar surface area (TPSA) is 65.6 Å².